The third kappa shape index (κ3) is 6.69. The maximum absolute atomic E-state index is 11.9. The minimum atomic E-state index is -1.42. The highest BCUT2D eigenvalue weighted by atomic mass is 16.6. The minimum Gasteiger partial charge on any atom is -0.505 e. The lowest BCUT2D eigenvalue weighted by Gasteiger charge is -2.28. The van der Waals surface area contributed by atoms with Gasteiger partial charge in [-0.3, -0.25) is 4.79 Å². The Hall–Kier alpha value is -1.76. The fourth-order valence-electron chi connectivity index (χ4n) is 4.06. The molecule has 7 heteroatoms. The molecule has 1 aliphatic carbocycles. The number of unbranched alkanes of at least 4 members (excludes halogenated alkanes) is 3. The number of esters is 2. The maximum Gasteiger partial charge on any atom is 0.377 e. The van der Waals surface area contributed by atoms with Crippen LogP contribution in [-0.2, 0) is 19.1 Å². The van der Waals surface area contributed by atoms with Crippen molar-refractivity contribution in [1.29, 1.82) is 0 Å². The molecule has 0 bridgehead atoms. The summed E-state index contributed by atoms with van der Waals surface area (Å²) in [6.07, 6.45) is 9.64. The fraction of sp³-hybridized carbons (Fsp3) is 0.810. The van der Waals surface area contributed by atoms with Gasteiger partial charge in [-0.25, -0.2) is 4.79 Å². The normalized spacial score (nSPS) is 26.2. The molecule has 1 heterocycles. The van der Waals surface area contributed by atoms with Crippen LogP contribution in [-0.4, -0.2) is 46.1 Å². The molecule has 0 saturated heterocycles. The summed E-state index contributed by atoms with van der Waals surface area (Å²) in [5.74, 6) is -1.80. The van der Waals surface area contributed by atoms with Gasteiger partial charge in [0.1, 0.15) is 12.7 Å². The van der Waals surface area contributed by atoms with Crippen LogP contribution in [0.1, 0.15) is 77.6 Å². The first kappa shape index (κ1) is 22.5. The molecule has 0 radical (unpaired) electrons. The van der Waals surface area contributed by atoms with E-state index in [1.807, 2.05) is 0 Å². The second kappa shape index (κ2) is 11.3. The predicted octanol–water partition coefficient (Wildman–Crippen LogP) is 3.70. The van der Waals surface area contributed by atoms with Crippen molar-refractivity contribution in [3.63, 3.8) is 0 Å². The summed E-state index contributed by atoms with van der Waals surface area (Å²) in [6.45, 7) is 1.82. The molecule has 28 heavy (non-hydrogen) atoms. The highest BCUT2D eigenvalue weighted by Gasteiger charge is 2.39. The van der Waals surface area contributed by atoms with Crippen molar-refractivity contribution in [3.05, 3.63) is 11.5 Å². The van der Waals surface area contributed by atoms with Gasteiger partial charge < -0.3 is 24.8 Å². The van der Waals surface area contributed by atoms with Gasteiger partial charge in [-0.1, -0.05) is 64.7 Å². The van der Waals surface area contributed by atoms with Gasteiger partial charge in [0.2, 0.25) is 5.76 Å². The average Bonchev–Trinajstić information content (AvgIpc) is 2.96. The summed E-state index contributed by atoms with van der Waals surface area (Å²) in [5, 5.41) is 28.6. The SMILES string of the molecule is CCCCCCC1CCC(CCC(=O)OCC(O)C2OC(=O)C(O)=C2O)CC1. The van der Waals surface area contributed by atoms with Crippen LogP contribution in [0, 0.1) is 11.8 Å². The minimum absolute atomic E-state index is 0.288. The number of carbonyl (C=O) groups excluding carboxylic acids is 2. The van der Waals surface area contributed by atoms with Crippen molar-refractivity contribution in [2.45, 2.75) is 89.8 Å². The zero-order valence-corrected chi connectivity index (χ0v) is 16.8. The number of hydrogen-bond donors (Lipinski definition) is 3. The third-order valence-corrected chi connectivity index (χ3v) is 5.89. The van der Waals surface area contributed by atoms with Gasteiger partial charge in [0.25, 0.3) is 0 Å². The summed E-state index contributed by atoms with van der Waals surface area (Å²) in [7, 11) is 0. The van der Waals surface area contributed by atoms with E-state index >= 15 is 0 Å². The van der Waals surface area contributed by atoms with E-state index in [-0.39, 0.29) is 6.42 Å². The van der Waals surface area contributed by atoms with Crippen LogP contribution in [0.25, 0.3) is 0 Å². The first-order valence-electron chi connectivity index (χ1n) is 10.6. The summed E-state index contributed by atoms with van der Waals surface area (Å²) in [5.41, 5.74) is 0. The molecule has 0 aromatic carbocycles. The fourth-order valence-corrected chi connectivity index (χ4v) is 4.06. The van der Waals surface area contributed by atoms with E-state index in [0.29, 0.717) is 5.92 Å². The number of cyclic esters (lactones) is 1. The molecule has 2 rings (SSSR count). The Kier molecular flexibility index (Phi) is 9.09. The van der Waals surface area contributed by atoms with Crippen LogP contribution in [0.2, 0.25) is 0 Å². The summed E-state index contributed by atoms with van der Waals surface area (Å²) in [6, 6.07) is 0. The van der Waals surface area contributed by atoms with E-state index in [9.17, 15) is 24.9 Å². The Balaban J connectivity index is 1.58. The molecular weight excluding hydrogens is 364 g/mol. The predicted molar refractivity (Wildman–Crippen MR) is 103 cm³/mol. The largest absolute Gasteiger partial charge is 0.505 e. The topological polar surface area (TPSA) is 113 Å². The van der Waals surface area contributed by atoms with E-state index < -0.39 is 42.3 Å². The standard InChI is InChI=1S/C21H34O7/c1-2-3-4-5-6-14-7-9-15(10-8-14)11-12-17(23)27-13-16(22)20-18(24)19(25)21(26)28-20/h14-16,20,22,24-25H,2-13H2,1H3. The first-order valence-corrected chi connectivity index (χ1v) is 10.6. The molecule has 160 valence electrons. The van der Waals surface area contributed by atoms with Gasteiger partial charge in [0, 0.05) is 6.42 Å². The smallest absolute Gasteiger partial charge is 0.377 e. The van der Waals surface area contributed by atoms with Crippen LogP contribution in [0.4, 0.5) is 0 Å². The highest BCUT2D eigenvalue weighted by molar-refractivity contribution is 5.89. The monoisotopic (exact) mass is 398 g/mol. The third-order valence-electron chi connectivity index (χ3n) is 5.89. The van der Waals surface area contributed by atoms with Gasteiger partial charge >= 0.3 is 11.9 Å². The number of hydrogen-bond acceptors (Lipinski definition) is 7. The van der Waals surface area contributed by atoms with Crippen LogP contribution >= 0.6 is 0 Å². The zero-order chi connectivity index (χ0) is 20.5. The molecule has 0 aromatic rings. The molecule has 7 nitrogen and oxygen atoms in total. The van der Waals surface area contributed by atoms with Crippen molar-refractivity contribution < 1.29 is 34.4 Å². The Bertz CT molecular complexity index is 549. The molecule has 0 amide bonds. The summed E-state index contributed by atoms with van der Waals surface area (Å²) >= 11 is 0. The number of ether oxygens (including phenoxy) is 2. The number of aliphatic hydroxyl groups is 3. The maximum atomic E-state index is 11.9. The zero-order valence-electron chi connectivity index (χ0n) is 16.8. The van der Waals surface area contributed by atoms with Gasteiger partial charge in [-0.15, -0.1) is 0 Å². The number of aliphatic hydroxyl groups excluding tert-OH is 3. The van der Waals surface area contributed by atoms with Crippen molar-refractivity contribution in [2.75, 3.05) is 6.61 Å². The lowest BCUT2D eigenvalue weighted by atomic mass is 9.78. The highest BCUT2D eigenvalue weighted by Crippen LogP contribution is 2.34. The summed E-state index contributed by atoms with van der Waals surface area (Å²) < 4.78 is 9.66. The van der Waals surface area contributed by atoms with E-state index in [1.54, 1.807) is 0 Å². The molecule has 1 saturated carbocycles. The van der Waals surface area contributed by atoms with Gasteiger partial charge in [-0.2, -0.15) is 0 Å². The van der Waals surface area contributed by atoms with Crippen LogP contribution in [0.15, 0.2) is 11.5 Å². The Morgan fingerprint density at radius 2 is 1.75 bits per heavy atom. The van der Waals surface area contributed by atoms with Crippen LogP contribution in [0.3, 0.4) is 0 Å². The van der Waals surface area contributed by atoms with E-state index in [1.165, 1.54) is 44.9 Å². The molecule has 0 aromatic heterocycles. The quantitative estimate of drug-likeness (QED) is 0.359. The molecule has 2 unspecified atom stereocenters. The van der Waals surface area contributed by atoms with Gasteiger partial charge in [0.05, 0.1) is 0 Å². The van der Waals surface area contributed by atoms with E-state index in [2.05, 4.69) is 11.7 Å². The number of carbonyl (C=O) groups is 2. The van der Waals surface area contributed by atoms with Crippen LogP contribution in [0.5, 0.6) is 0 Å². The average molecular weight is 398 g/mol. The second-order valence-electron chi connectivity index (χ2n) is 8.08. The number of rotatable bonds is 11. The first-order chi connectivity index (χ1) is 13.4. The Morgan fingerprint density at radius 1 is 1.11 bits per heavy atom. The molecule has 1 fully saturated rings. The molecule has 3 N–H and O–H groups in total. The van der Waals surface area contributed by atoms with E-state index in [0.717, 1.165) is 25.2 Å². The molecular formula is C21H34O7. The molecule has 1 aliphatic heterocycles. The molecule has 0 spiro atoms. The Labute approximate surface area is 166 Å². The van der Waals surface area contributed by atoms with Crippen molar-refractivity contribution in [1.82, 2.24) is 0 Å². The summed E-state index contributed by atoms with van der Waals surface area (Å²) in [4.78, 5) is 23.0. The Morgan fingerprint density at radius 3 is 2.32 bits per heavy atom. The van der Waals surface area contributed by atoms with Gasteiger partial charge in [-0.05, 0) is 18.3 Å². The van der Waals surface area contributed by atoms with Gasteiger partial charge in [0.15, 0.2) is 11.9 Å². The van der Waals surface area contributed by atoms with Crippen molar-refractivity contribution >= 4 is 11.9 Å². The van der Waals surface area contributed by atoms with Crippen LogP contribution < -0.4 is 0 Å². The van der Waals surface area contributed by atoms with E-state index in [4.69, 9.17) is 4.74 Å². The van der Waals surface area contributed by atoms with Crippen molar-refractivity contribution in [2.24, 2.45) is 11.8 Å². The lowest BCUT2D eigenvalue weighted by Crippen LogP contribution is -2.33. The lowest BCUT2D eigenvalue weighted by molar-refractivity contribution is -0.154. The second-order valence-corrected chi connectivity index (χ2v) is 8.08. The molecule has 2 aliphatic rings. The van der Waals surface area contributed by atoms with Crippen molar-refractivity contribution in [3.8, 4) is 0 Å². The molecule has 2 atom stereocenters.